The highest BCUT2D eigenvalue weighted by atomic mass is 32.2. The first kappa shape index (κ1) is 17.0. The highest BCUT2D eigenvalue weighted by molar-refractivity contribution is 7.87. The van der Waals surface area contributed by atoms with Crippen molar-refractivity contribution < 1.29 is 31.3 Å². The van der Waals surface area contributed by atoms with E-state index in [0.717, 1.165) is 0 Å². The molecule has 0 heterocycles. The molecule has 8 heteroatoms. The maximum atomic E-state index is 13.4. The van der Waals surface area contributed by atoms with E-state index in [1.54, 1.807) is 36.4 Å². The number of benzene rings is 2. The summed E-state index contributed by atoms with van der Waals surface area (Å²) in [6, 6.07) is 16.0. The van der Waals surface area contributed by atoms with Crippen LogP contribution < -0.4 is 0 Å². The summed E-state index contributed by atoms with van der Waals surface area (Å²) in [6.45, 7) is 0. The summed E-state index contributed by atoms with van der Waals surface area (Å²) in [6.07, 6.45) is -1.24. The van der Waals surface area contributed by atoms with Crippen LogP contribution in [0.5, 0.6) is 0 Å². The number of alkyl halides is 2. The fourth-order valence-corrected chi connectivity index (χ4v) is 2.12. The smallest absolute Gasteiger partial charge is 0.447 e. The van der Waals surface area contributed by atoms with Gasteiger partial charge in [0.05, 0.1) is 0 Å². The molecule has 0 spiro atoms. The van der Waals surface area contributed by atoms with Crippen molar-refractivity contribution in [1.82, 2.24) is 0 Å². The maximum absolute atomic E-state index is 13.4. The third-order valence-electron chi connectivity index (χ3n) is 2.99. The standard InChI is InChI=1S/C15H12F2O5S/c16-15(17,23(19,20)21)14(18)22-13(11-7-3-1-4-8-11)12-9-5-2-6-10-12/h1-10,13H,(H,19,20,21). The molecule has 2 aromatic rings. The topological polar surface area (TPSA) is 80.7 Å². The molecule has 23 heavy (non-hydrogen) atoms. The Balaban J connectivity index is 2.39. The molecule has 0 aliphatic heterocycles. The average molecular weight is 342 g/mol. The molecule has 0 aliphatic carbocycles. The first-order valence-electron chi connectivity index (χ1n) is 6.39. The molecular formula is C15H12F2O5S. The van der Waals surface area contributed by atoms with Gasteiger partial charge in [-0.2, -0.15) is 17.2 Å². The fourth-order valence-electron chi connectivity index (χ4n) is 1.87. The molecule has 0 aliphatic rings. The molecule has 0 fully saturated rings. The van der Waals surface area contributed by atoms with E-state index < -0.39 is 27.4 Å². The van der Waals surface area contributed by atoms with Crippen LogP contribution in [0.4, 0.5) is 8.78 Å². The molecule has 0 saturated heterocycles. The second-order valence-electron chi connectivity index (χ2n) is 4.60. The molecule has 2 aromatic carbocycles. The van der Waals surface area contributed by atoms with E-state index >= 15 is 0 Å². The first-order valence-corrected chi connectivity index (χ1v) is 7.83. The van der Waals surface area contributed by atoms with Crippen LogP contribution in [0.15, 0.2) is 60.7 Å². The van der Waals surface area contributed by atoms with E-state index in [9.17, 15) is 22.0 Å². The molecule has 0 bridgehead atoms. The molecule has 2 rings (SSSR count). The summed E-state index contributed by atoms with van der Waals surface area (Å²) in [4.78, 5) is 11.6. The molecule has 1 N–H and O–H groups in total. The largest absolute Gasteiger partial charge is 0.465 e. The zero-order valence-electron chi connectivity index (χ0n) is 11.6. The van der Waals surface area contributed by atoms with Gasteiger partial charge in [0, 0.05) is 0 Å². The number of ether oxygens (including phenoxy) is 1. The lowest BCUT2D eigenvalue weighted by molar-refractivity contribution is -0.165. The summed E-state index contributed by atoms with van der Waals surface area (Å²) in [7, 11) is -5.92. The number of carbonyl (C=O) groups is 1. The second kappa shape index (κ2) is 6.43. The predicted molar refractivity (Wildman–Crippen MR) is 77.3 cm³/mol. The van der Waals surface area contributed by atoms with Gasteiger partial charge in [-0.25, -0.2) is 4.79 Å². The summed E-state index contributed by atoms with van der Waals surface area (Å²) in [5, 5.41) is -5.05. The van der Waals surface area contributed by atoms with Crippen LogP contribution in [0.25, 0.3) is 0 Å². The number of esters is 1. The normalized spacial score (nSPS) is 12.2. The van der Waals surface area contributed by atoms with Crippen molar-refractivity contribution >= 4 is 16.1 Å². The predicted octanol–water partition coefficient (Wildman–Crippen LogP) is 2.80. The number of carbonyl (C=O) groups excluding carboxylic acids is 1. The maximum Gasteiger partial charge on any atom is 0.465 e. The molecule has 122 valence electrons. The first-order chi connectivity index (χ1) is 10.7. The minimum absolute atomic E-state index is 0.373. The lowest BCUT2D eigenvalue weighted by Crippen LogP contribution is -2.39. The minimum atomic E-state index is -5.92. The van der Waals surface area contributed by atoms with E-state index in [2.05, 4.69) is 4.74 Å². The van der Waals surface area contributed by atoms with Crippen molar-refractivity contribution in [1.29, 1.82) is 0 Å². The Hall–Kier alpha value is -2.32. The van der Waals surface area contributed by atoms with Gasteiger partial charge in [0.1, 0.15) is 0 Å². The zero-order chi connectivity index (χ0) is 17.1. The minimum Gasteiger partial charge on any atom is -0.447 e. The Kier molecular flexibility index (Phi) is 4.76. The summed E-state index contributed by atoms with van der Waals surface area (Å²) in [5.74, 6) is -2.35. The molecule has 0 radical (unpaired) electrons. The molecule has 0 atom stereocenters. The van der Waals surface area contributed by atoms with Gasteiger partial charge in [0.15, 0.2) is 6.10 Å². The number of rotatable bonds is 5. The van der Waals surface area contributed by atoms with Crippen LogP contribution in [0.2, 0.25) is 0 Å². The second-order valence-corrected chi connectivity index (χ2v) is 6.06. The van der Waals surface area contributed by atoms with Gasteiger partial charge in [-0.15, -0.1) is 0 Å². The Morgan fingerprint density at radius 2 is 1.35 bits per heavy atom. The van der Waals surface area contributed by atoms with Crippen molar-refractivity contribution in [3.8, 4) is 0 Å². The van der Waals surface area contributed by atoms with Gasteiger partial charge < -0.3 is 4.74 Å². The lowest BCUT2D eigenvalue weighted by atomic mass is 10.0. The van der Waals surface area contributed by atoms with Crippen LogP contribution in [0, 0.1) is 0 Å². The van der Waals surface area contributed by atoms with E-state index in [-0.39, 0.29) is 0 Å². The molecule has 5 nitrogen and oxygen atoms in total. The van der Waals surface area contributed by atoms with Crippen LogP contribution in [0.3, 0.4) is 0 Å². The van der Waals surface area contributed by atoms with Crippen molar-refractivity contribution in [2.24, 2.45) is 0 Å². The lowest BCUT2D eigenvalue weighted by Gasteiger charge is -2.21. The van der Waals surface area contributed by atoms with Crippen LogP contribution in [0.1, 0.15) is 17.2 Å². The highest BCUT2D eigenvalue weighted by Crippen LogP contribution is 2.30. The molecule has 0 amide bonds. The summed E-state index contributed by atoms with van der Waals surface area (Å²) < 4.78 is 61.3. The summed E-state index contributed by atoms with van der Waals surface area (Å²) >= 11 is 0. The van der Waals surface area contributed by atoms with Gasteiger partial charge in [0.25, 0.3) is 0 Å². The Morgan fingerprint density at radius 3 is 1.70 bits per heavy atom. The summed E-state index contributed by atoms with van der Waals surface area (Å²) in [5.41, 5.74) is 0.747. The van der Waals surface area contributed by atoms with Crippen molar-refractivity contribution in [3.63, 3.8) is 0 Å². The van der Waals surface area contributed by atoms with E-state index in [4.69, 9.17) is 4.55 Å². The number of hydrogen-bond acceptors (Lipinski definition) is 4. The molecular weight excluding hydrogens is 330 g/mol. The Bertz CT molecular complexity index is 737. The fraction of sp³-hybridized carbons (Fsp3) is 0.133. The molecule has 0 aromatic heterocycles. The third-order valence-corrected chi connectivity index (χ3v) is 3.81. The van der Waals surface area contributed by atoms with Crippen LogP contribution in [-0.2, 0) is 19.6 Å². The van der Waals surface area contributed by atoms with E-state index in [1.165, 1.54) is 24.3 Å². The number of halogens is 2. The molecule has 0 unspecified atom stereocenters. The SMILES string of the molecule is O=C(OC(c1ccccc1)c1ccccc1)C(F)(F)S(=O)(=O)O. The van der Waals surface area contributed by atoms with Gasteiger partial charge in [-0.05, 0) is 11.1 Å². The van der Waals surface area contributed by atoms with Crippen molar-refractivity contribution in [3.05, 3.63) is 71.8 Å². The van der Waals surface area contributed by atoms with E-state index in [0.29, 0.717) is 11.1 Å². The van der Waals surface area contributed by atoms with Crippen molar-refractivity contribution in [2.45, 2.75) is 11.4 Å². The Labute approximate surface area is 131 Å². The monoisotopic (exact) mass is 342 g/mol. The quantitative estimate of drug-likeness (QED) is 0.667. The zero-order valence-corrected chi connectivity index (χ0v) is 12.4. The highest BCUT2D eigenvalue weighted by Gasteiger charge is 2.55. The van der Waals surface area contributed by atoms with Gasteiger partial charge in [0.2, 0.25) is 0 Å². The Morgan fingerprint density at radius 1 is 0.957 bits per heavy atom. The van der Waals surface area contributed by atoms with Crippen LogP contribution in [-0.4, -0.2) is 24.2 Å². The third kappa shape index (κ3) is 3.72. The molecule has 0 saturated carbocycles. The average Bonchev–Trinajstić information content (AvgIpc) is 2.53. The van der Waals surface area contributed by atoms with E-state index in [1.807, 2.05) is 0 Å². The van der Waals surface area contributed by atoms with Gasteiger partial charge >= 0.3 is 21.3 Å². The van der Waals surface area contributed by atoms with Gasteiger partial charge in [-0.1, -0.05) is 60.7 Å². The van der Waals surface area contributed by atoms with Crippen LogP contribution >= 0.6 is 0 Å². The number of hydrogen-bond donors (Lipinski definition) is 1. The van der Waals surface area contributed by atoms with Gasteiger partial charge in [-0.3, -0.25) is 4.55 Å². The van der Waals surface area contributed by atoms with Crippen molar-refractivity contribution in [2.75, 3.05) is 0 Å².